The largest absolute Gasteiger partial charge is 0.396 e. The highest BCUT2D eigenvalue weighted by Crippen LogP contribution is 2.30. The molecule has 0 aliphatic rings. The predicted molar refractivity (Wildman–Crippen MR) is 48.9 cm³/mol. The minimum absolute atomic E-state index is 0.319. The van der Waals surface area contributed by atoms with E-state index in [1.54, 1.807) is 0 Å². The Balaban J connectivity index is 0.000000364. The van der Waals surface area contributed by atoms with E-state index in [1.165, 1.54) is 6.20 Å². The minimum Gasteiger partial charge on any atom is -0.396 e. The highest BCUT2D eigenvalue weighted by atomic mass is 31.2. The molecular weight excluding hydrogens is 209 g/mol. The molecule has 0 aliphatic heterocycles. The Morgan fingerprint density at radius 1 is 1.50 bits per heavy atom. The monoisotopic (exact) mass is 221 g/mol. The van der Waals surface area contributed by atoms with E-state index < -0.39 is 7.60 Å². The summed E-state index contributed by atoms with van der Waals surface area (Å²) in [5.41, 5.74) is -0.359. The second-order valence-electron chi connectivity index (χ2n) is 2.25. The highest BCUT2D eigenvalue weighted by molar-refractivity contribution is 7.59. The Kier molecular flexibility index (Phi) is 6.14. The summed E-state index contributed by atoms with van der Waals surface area (Å²) in [5, 5.41) is 17.3. The average molecular weight is 221 g/mol. The van der Waals surface area contributed by atoms with Gasteiger partial charge in [0, 0.05) is 6.61 Å². The molecule has 0 unspecified atom stereocenters. The molecule has 14 heavy (non-hydrogen) atoms. The van der Waals surface area contributed by atoms with Crippen molar-refractivity contribution in [1.29, 1.82) is 0 Å². The fourth-order valence-corrected chi connectivity index (χ4v) is 0.808. The molecule has 1 aromatic rings. The van der Waals surface area contributed by atoms with E-state index in [1.807, 2.05) is 6.92 Å². The molecule has 1 aromatic heterocycles. The molecular formula is C6H12N3O4P. The number of rotatable bonds is 2. The first-order valence-corrected chi connectivity index (χ1v) is 5.45. The maximum absolute atomic E-state index is 10.4. The first-order chi connectivity index (χ1) is 6.52. The lowest BCUT2D eigenvalue weighted by molar-refractivity contribution is 0.295. The average Bonchev–Trinajstić information content (AvgIpc) is 2.18. The number of aliphatic hydroxyl groups is 1. The van der Waals surface area contributed by atoms with Crippen LogP contribution in [-0.4, -0.2) is 36.9 Å². The fourth-order valence-electron chi connectivity index (χ4n) is 0.390. The van der Waals surface area contributed by atoms with E-state index in [4.69, 9.17) is 14.9 Å². The molecule has 8 heteroatoms. The van der Waals surface area contributed by atoms with Gasteiger partial charge in [-0.05, 0) is 17.7 Å². The molecule has 1 rings (SSSR count). The standard InChI is InChI=1S/C3H4N3O3P.C3H8O/c7-10(8,9)3-1-2-4-6-5-3;1-2-3-4/h1-2H,(H2,7,8,9);4H,2-3H2,1H3. The van der Waals surface area contributed by atoms with Gasteiger partial charge in [-0.1, -0.05) is 6.92 Å². The fraction of sp³-hybridized carbons (Fsp3) is 0.500. The molecule has 0 aromatic carbocycles. The van der Waals surface area contributed by atoms with Crippen molar-refractivity contribution in [1.82, 2.24) is 15.4 Å². The Bertz CT molecular complexity index is 286. The molecule has 0 radical (unpaired) electrons. The number of aromatic nitrogens is 3. The summed E-state index contributed by atoms with van der Waals surface area (Å²) in [6.07, 6.45) is 2.04. The molecule has 0 bridgehead atoms. The second-order valence-corrected chi connectivity index (χ2v) is 3.79. The van der Waals surface area contributed by atoms with E-state index in [0.717, 1.165) is 12.5 Å². The topological polar surface area (TPSA) is 116 Å². The smallest absolute Gasteiger partial charge is 0.376 e. The quantitative estimate of drug-likeness (QED) is 0.552. The van der Waals surface area contributed by atoms with Gasteiger partial charge in [0.05, 0.1) is 6.20 Å². The van der Waals surface area contributed by atoms with Gasteiger partial charge in [-0.25, -0.2) is 0 Å². The van der Waals surface area contributed by atoms with Gasteiger partial charge in [0.2, 0.25) is 0 Å². The van der Waals surface area contributed by atoms with Gasteiger partial charge in [-0.15, -0.1) is 10.2 Å². The van der Waals surface area contributed by atoms with Crippen LogP contribution in [0, 0.1) is 0 Å². The van der Waals surface area contributed by atoms with Crippen LogP contribution in [0.15, 0.2) is 12.3 Å². The summed E-state index contributed by atoms with van der Waals surface area (Å²) in [4.78, 5) is 16.9. The lowest BCUT2D eigenvalue weighted by Crippen LogP contribution is -2.10. The van der Waals surface area contributed by atoms with E-state index in [2.05, 4.69) is 15.4 Å². The third-order valence-electron chi connectivity index (χ3n) is 1.01. The molecule has 0 atom stereocenters. The van der Waals surface area contributed by atoms with Gasteiger partial charge in [0.15, 0.2) is 5.44 Å². The second kappa shape index (κ2) is 6.56. The van der Waals surface area contributed by atoms with Crippen molar-refractivity contribution in [3.05, 3.63) is 12.3 Å². The van der Waals surface area contributed by atoms with Crippen molar-refractivity contribution in [2.24, 2.45) is 0 Å². The zero-order valence-corrected chi connectivity index (χ0v) is 8.50. The Labute approximate surface area is 81.0 Å². The molecule has 0 saturated heterocycles. The van der Waals surface area contributed by atoms with E-state index in [0.29, 0.717) is 6.61 Å². The summed E-state index contributed by atoms with van der Waals surface area (Å²) in [6, 6.07) is 1.12. The first-order valence-electron chi connectivity index (χ1n) is 3.83. The van der Waals surface area contributed by atoms with Crippen molar-refractivity contribution >= 4 is 13.0 Å². The summed E-state index contributed by atoms with van der Waals surface area (Å²) < 4.78 is 10.4. The Morgan fingerprint density at radius 2 is 2.07 bits per heavy atom. The number of hydrogen-bond donors (Lipinski definition) is 3. The van der Waals surface area contributed by atoms with Gasteiger partial charge in [0.1, 0.15) is 0 Å². The third-order valence-corrected chi connectivity index (χ3v) is 1.85. The van der Waals surface area contributed by atoms with Crippen molar-refractivity contribution in [2.45, 2.75) is 13.3 Å². The van der Waals surface area contributed by atoms with Gasteiger partial charge in [-0.2, -0.15) is 0 Å². The zero-order chi connectivity index (χ0) is 11.0. The SMILES string of the molecule is CCCO.O=P(O)(O)c1ccnnn1. The number of nitrogens with zero attached hydrogens (tertiary/aromatic N) is 3. The van der Waals surface area contributed by atoms with E-state index in [9.17, 15) is 4.57 Å². The summed E-state index contributed by atoms with van der Waals surface area (Å²) in [7, 11) is -4.23. The lowest BCUT2D eigenvalue weighted by atomic mass is 10.5. The molecule has 7 nitrogen and oxygen atoms in total. The van der Waals surface area contributed by atoms with Crippen LogP contribution in [0.4, 0.5) is 0 Å². The molecule has 0 fully saturated rings. The van der Waals surface area contributed by atoms with Crippen LogP contribution >= 0.6 is 7.60 Å². The van der Waals surface area contributed by atoms with Crippen LogP contribution < -0.4 is 5.44 Å². The number of hydrogen-bond acceptors (Lipinski definition) is 5. The molecule has 0 aliphatic carbocycles. The van der Waals surface area contributed by atoms with Crippen molar-refractivity contribution in [2.75, 3.05) is 6.61 Å². The molecule has 0 spiro atoms. The molecule has 80 valence electrons. The van der Waals surface area contributed by atoms with E-state index >= 15 is 0 Å². The van der Waals surface area contributed by atoms with Crippen LogP contribution in [0.3, 0.4) is 0 Å². The van der Waals surface area contributed by atoms with Crippen LogP contribution in [0.2, 0.25) is 0 Å². The maximum atomic E-state index is 10.4. The lowest BCUT2D eigenvalue weighted by Gasteiger charge is -1.97. The van der Waals surface area contributed by atoms with Crippen LogP contribution in [-0.2, 0) is 4.57 Å². The van der Waals surface area contributed by atoms with Gasteiger partial charge >= 0.3 is 7.60 Å². The van der Waals surface area contributed by atoms with Crippen molar-refractivity contribution < 1.29 is 19.5 Å². The number of aliphatic hydroxyl groups excluding tert-OH is 1. The predicted octanol–water partition coefficient (Wildman–Crippen LogP) is -0.937. The Morgan fingerprint density at radius 3 is 2.29 bits per heavy atom. The van der Waals surface area contributed by atoms with Crippen LogP contribution in [0.25, 0.3) is 0 Å². The minimum atomic E-state index is -4.23. The normalized spacial score (nSPS) is 10.3. The van der Waals surface area contributed by atoms with Gasteiger partial charge < -0.3 is 14.9 Å². The van der Waals surface area contributed by atoms with Gasteiger partial charge in [-0.3, -0.25) is 4.57 Å². The molecule has 1 heterocycles. The Hall–Kier alpha value is -0.880. The van der Waals surface area contributed by atoms with E-state index in [-0.39, 0.29) is 5.44 Å². The third kappa shape index (κ3) is 5.71. The maximum Gasteiger partial charge on any atom is 0.376 e. The van der Waals surface area contributed by atoms with Crippen molar-refractivity contribution in [3.8, 4) is 0 Å². The first kappa shape index (κ1) is 13.1. The summed E-state index contributed by atoms with van der Waals surface area (Å²) in [5.74, 6) is 0. The molecule has 3 N–H and O–H groups in total. The molecule has 0 amide bonds. The van der Waals surface area contributed by atoms with Crippen LogP contribution in [0.1, 0.15) is 13.3 Å². The summed E-state index contributed by atoms with van der Waals surface area (Å²) >= 11 is 0. The van der Waals surface area contributed by atoms with Crippen molar-refractivity contribution in [3.63, 3.8) is 0 Å². The van der Waals surface area contributed by atoms with Gasteiger partial charge in [0.25, 0.3) is 0 Å². The molecule has 0 saturated carbocycles. The van der Waals surface area contributed by atoms with Crippen LogP contribution in [0.5, 0.6) is 0 Å². The highest BCUT2D eigenvalue weighted by Gasteiger charge is 2.18. The zero-order valence-electron chi connectivity index (χ0n) is 7.61. The summed E-state index contributed by atoms with van der Waals surface area (Å²) in [6.45, 7) is 2.25.